The molecule has 0 spiro atoms. The maximum Gasteiger partial charge on any atom is 0.350 e. The van der Waals surface area contributed by atoms with E-state index >= 15 is 0 Å². The zero-order chi connectivity index (χ0) is 24.4. The van der Waals surface area contributed by atoms with Crippen LogP contribution >= 0.6 is 0 Å². The average molecular weight is 465 g/mol. The number of rotatable bonds is 6. The largest absolute Gasteiger partial charge is 0.452 e. The van der Waals surface area contributed by atoms with Crippen molar-refractivity contribution in [2.45, 2.75) is 6.54 Å². The molecule has 7 nitrogen and oxygen atoms in total. The predicted octanol–water partition coefficient (Wildman–Crippen LogP) is 4.23. The molecule has 34 heavy (non-hydrogen) atoms. The Balaban J connectivity index is 1.62. The third-order valence-electron chi connectivity index (χ3n) is 5.07. The van der Waals surface area contributed by atoms with Gasteiger partial charge < -0.3 is 9.64 Å². The minimum atomic E-state index is -0.785. The van der Waals surface area contributed by atoms with Crippen LogP contribution in [0, 0.1) is 28.8 Å². The Labute approximate surface area is 192 Å². The first-order chi connectivity index (χ1) is 16.3. The second-order valence-corrected chi connectivity index (χ2v) is 7.56. The lowest BCUT2D eigenvalue weighted by atomic mass is 10.2. The number of ether oxygens (including phenoxy) is 1. The third kappa shape index (κ3) is 4.36. The van der Waals surface area contributed by atoms with E-state index in [1.807, 2.05) is 6.07 Å². The van der Waals surface area contributed by atoms with Gasteiger partial charge in [0.25, 0.3) is 0 Å². The zero-order valence-corrected chi connectivity index (χ0v) is 18.2. The molecule has 4 rings (SSSR count). The molecular formula is C24H18F3N5O2. The molecule has 0 N–H and O–H groups in total. The maximum atomic E-state index is 14.9. The van der Waals surface area contributed by atoms with E-state index in [1.165, 1.54) is 18.2 Å². The second kappa shape index (κ2) is 9.15. The van der Waals surface area contributed by atoms with Crippen molar-refractivity contribution in [3.63, 3.8) is 0 Å². The molecule has 0 saturated carbocycles. The first-order valence-electron chi connectivity index (χ1n) is 10.0. The van der Waals surface area contributed by atoms with Crippen LogP contribution in [0.1, 0.15) is 11.1 Å². The molecule has 0 bridgehead atoms. The smallest absolute Gasteiger partial charge is 0.350 e. The van der Waals surface area contributed by atoms with Crippen LogP contribution in [0.5, 0.6) is 11.5 Å². The molecule has 0 saturated heterocycles. The summed E-state index contributed by atoms with van der Waals surface area (Å²) in [5.74, 6) is -2.09. The summed E-state index contributed by atoms with van der Waals surface area (Å²) in [6.45, 7) is -0.368. The normalized spacial score (nSPS) is 10.7. The van der Waals surface area contributed by atoms with Crippen LogP contribution in [-0.4, -0.2) is 28.4 Å². The van der Waals surface area contributed by atoms with E-state index in [0.29, 0.717) is 17.0 Å². The summed E-state index contributed by atoms with van der Waals surface area (Å²) in [7, 11) is 3.53. The number of nitriles is 1. The van der Waals surface area contributed by atoms with Crippen molar-refractivity contribution in [1.82, 2.24) is 14.3 Å². The predicted molar refractivity (Wildman–Crippen MR) is 119 cm³/mol. The third-order valence-corrected chi connectivity index (χ3v) is 5.07. The van der Waals surface area contributed by atoms with Crippen LogP contribution in [-0.2, 0) is 6.54 Å². The summed E-state index contributed by atoms with van der Waals surface area (Å²) < 4.78 is 50.4. The minimum Gasteiger partial charge on any atom is -0.452 e. The molecular weight excluding hydrogens is 447 g/mol. The van der Waals surface area contributed by atoms with Gasteiger partial charge in [0.05, 0.1) is 29.6 Å². The van der Waals surface area contributed by atoms with Gasteiger partial charge in [-0.05, 0) is 42.5 Å². The molecule has 4 aromatic rings. The highest BCUT2D eigenvalue weighted by atomic mass is 19.1. The SMILES string of the molecule is CN(C)c1cc(C#N)ccc1Oc1ccc(-n2ncn(Cc3c(F)cccc3F)c2=O)cc1F. The molecule has 1 heterocycles. The van der Waals surface area contributed by atoms with E-state index in [2.05, 4.69) is 5.10 Å². The van der Waals surface area contributed by atoms with Crippen molar-refractivity contribution in [1.29, 1.82) is 5.26 Å². The Kier molecular flexibility index (Phi) is 6.10. The van der Waals surface area contributed by atoms with Crippen molar-refractivity contribution in [3.05, 3.63) is 100.0 Å². The molecule has 0 atom stereocenters. The van der Waals surface area contributed by atoms with Crippen molar-refractivity contribution < 1.29 is 17.9 Å². The summed E-state index contributed by atoms with van der Waals surface area (Å²) >= 11 is 0. The standard InChI is InChI=1S/C24H18F3N5O2/c1-30(2)21-10-15(12-28)6-8-23(21)34-22-9-7-16(11-20(22)27)32-24(33)31(14-29-32)13-17-18(25)4-3-5-19(17)26/h3-11,14H,13H2,1-2H3. The van der Waals surface area contributed by atoms with Crippen LogP contribution in [0.4, 0.5) is 18.9 Å². The van der Waals surface area contributed by atoms with Crippen LogP contribution in [0.3, 0.4) is 0 Å². The van der Waals surface area contributed by atoms with Crippen molar-refractivity contribution >= 4 is 5.69 Å². The fourth-order valence-corrected chi connectivity index (χ4v) is 3.32. The molecule has 0 unspecified atom stereocenters. The highest BCUT2D eigenvalue weighted by molar-refractivity contribution is 5.62. The van der Waals surface area contributed by atoms with E-state index in [-0.39, 0.29) is 23.5 Å². The number of aromatic nitrogens is 3. The Morgan fingerprint density at radius 2 is 1.71 bits per heavy atom. The summed E-state index contributed by atoms with van der Waals surface area (Å²) in [6, 6.07) is 14.0. The number of halogens is 3. The molecule has 3 aromatic carbocycles. The Morgan fingerprint density at radius 1 is 1.00 bits per heavy atom. The first-order valence-corrected chi connectivity index (χ1v) is 10.0. The zero-order valence-electron chi connectivity index (χ0n) is 18.2. The van der Waals surface area contributed by atoms with Gasteiger partial charge in [0.1, 0.15) is 18.0 Å². The number of anilines is 1. The van der Waals surface area contributed by atoms with Crippen molar-refractivity contribution in [3.8, 4) is 23.3 Å². The van der Waals surface area contributed by atoms with E-state index in [4.69, 9.17) is 10.00 Å². The Hall–Kier alpha value is -4.52. The molecule has 0 fully saturated rings. The van der Waals surface area contributed by atoms with Crippen LogP contribution in [0.15, 0.2) is 65.7 Å². The molecule has 0 aliphatic carbocycles. The quantitative estimate of drug-likeness (QED) is 0.426. The number of benzene rings is 3. The van der Waals surface area contributed by atoms with Gasteiger partial charge in [-0.25, -0.2) is 18.0 Å². The van der Waals surface area contributed by atoms with Gasteiger partial charge in [-0.3, -0.25) is 4.57 Å². The van der Waals surface area contributed by atoms with Gasteiger partial charge >= 0.3 is 5.69 Å². The minimum absolute atomic E-state index is 0.0996. The van der Waals surface area contributed by atoms with E-state index in [0.717, 1.165) is 33.8 Å². The number of nitrogens with zero attached hydrogens (tertiary/aromatic N) is 5. The maximum absolute atomic E-state index is 14.9. The molecule has 10 heteroatoms. The van der Waals surface area contributed by atoms with Gasteiger partial charge in [-0.1, -0.05) is 6.07 Å². The first kappa shape index (κ1) is 22.7. The molecule has 0 aliphatic rings. The molecule has 0 radical (unpaired) electrons. The lowest BCUT2D eigenvalue weighted by Gasteiger charge is -2.18. The van der Waals surface area contributed by atoms with E-state index in [1.54, 1.807) is 37.2 Å². The van der Waals surface area contributed by atoms with Crippen LogP contribution < -0.4 is 15.3 Å². The monoisotopic (exact) mass is 465 g/mol. The average Bonchev–Trinajstić information content (AvgIpc) is 3.17. The second-order valence-electron chi connectivity index (χ2n) is 7.56. The Morgan fingerprint density at radius 3 is 2.35 bits per heavy atom. The van der Waals surface area contributed by atoms with Crippen LogP contribution in [0.2, 0.25) is 0 Å². The lowest BCUT2D eigenvalue weighted by molar-refractivity contribution is 0.442. The van der Waals surface area contributed by atoms with Crippen molar-refractivity contribution in [2.24, 2.45) is 0 Å². The summed E-state index contributed by atoms with van der Waals surface area (Å²) in [6.07, 6.45) is 1.12. The molecule has 0 aliphatic heterocycles. The number of hydrogen-bond donors (Lipinski definition) is 0. The van der Waals surface area contributed by atoms with E-state index in [9.17, 15) is 18.0 Å². The van der Waals surface area contributed by atoms with Crippen molar-refractivity contribution in [2.75, 3.05) is 19.0 Å². The van der Waals surface area contributed by atoms with E-state index < -0.39 is 23.1 Å². The summed E-state index contributed by atoms with van der Waals surface area (Å²) in [5, 5.41) is 13.0. The van der Waals surface area contributed by atoms with Gasteiger partial charge in [0, 0.05) is 25.7 Å². The molecule has 0 amide bonds. The summed E-state index contributed by atoms with van der Waals surface area (Å²) in [4.78, 5) is 14.4. The fourth-order valence-electron chi connectivity index (χ4n) is 3.32. The molecule has 1 aromatic heterocycles. The topological polar surface area (TPSA) is 76.1 Å². The fraction of sp³-hybridized carbons (Fsp3) is 0.125. The van der Waals surface area contributed by atoms with Gasteiger partial charge in [0.15, 0.2) is 17.3 Å². The molecule has 172 valence electrons. The Bertz CT molecular complexity index is 1450. The van der Waals surface area contributed by atoms with Gasteiger partial charge in [-0.2, -0.15) is 15.0 Å². The van der Waals surface area contributed by atoms with Crippen LogP contribution in [0.25, 0.3) is 5.69 Å². The number of hydrogen-bond acceptors (Lipinski definition) is 5. The lowest BCUT2D eigenvalue weighted by Crippen LogP contribution is -2.24. The highest BCUT2D eigenvalue weighted by Crippen LogP contribution is 2.33. The highest BCUT2D eigenvalue weighted by Gasteiger charge is 2.16. The van der Waals surface area contributed by atoms with Gasteiger partial charge in [0.2, 0.25) is 0 Å². The summed E-state index contributed by atoms with van der Waals surface area (Å²) in [5.41, 5.74) is 0.140. The van der Waals surface area contributed by atoms with Gasteiger partial charge in [-0.15, -0.1) is 0 Å².